The van der Waals surface area contributed by atoms with E-state index in [4.69, 9.17) is 0 Å². The van der Waals surface area contributed by atoms with Crippen LogP contribution < -0.4 is 0 Å². The molecule has 0 heterocycles. The average Bonchev–Trinajstić information content (AvgIpc) is 2.59. The largest absolute Gasteiger partial charge is 0.465 e. The van der Waals surface area contributed by atoms with E-state index in [0.29, 0.717) is 11.1 Å². The number of carbonyl (C=O) groups is 2. The molecule has 24 heavy (non-hydrogen) atoms. The van der Waals surface area contributed by atoms with E-state index in [9.17, 15) is 22.6 Å². The van der Waals surface area contributed by atoms with Crippen molar-refractivity contribution in [1.29, 1.82) is 0 Å². The minimum absolute atomic E-state index is 0.392. The highest BCUT2D eigenvalue weighted by molar-refractivity contribution is 7.86. The van der Waals surface area contributed by atoms with E-state index in [2.05, 4.69) is 9.47 Å². The molecule has 2 aromatic rings. The van der Waals surface area contributed by atoms with Crippen molar-refractivity contribution in [2.45, 2.75) is 4.90 Å². The summed E-state index contributed by atoms with van der Waals surface area (Å²) in [5.41, 5.74) is 0.113. The van der Waals surface area contributed by atoms with Crippen LogP contribution in [0.2, 0.25) is 0 Å². The van der Waals surface area contributed by atoms with Crippen LogP contribution in [0.15, 0.2) is 47.4 Å². The lowest BCUT2D eigenvalue weighted by atomic mass is 9.99. The van der Waals surface area contributed by atoms with Crippen molar-refractivity contribution in [1.82, 2.24) is 0 Å². The summed E-state index contributed by atoms with van der Waals surface area (Å²) in [6.45, 7) is 0. The molecule has 0 aromatic heterocycles. The van der Waals surface area contributed by atoms with Gasteiger partial charge in [-0.2, -0.15) is 8.42 Å². The maximum atomic E-state index is 12.0. The van der Waals surface area contributed by atoms with Crippen LogP contribution >= 0.6 is 0 Å². The van der Waals surface area contributed by atoms with Crippen molar-refractivity contribution in [3.05, 3.63) is 53.6 Å². The SMILES string of the molecule is COC(=O)c1cc(-c2ccccc2)cc(C(=O)OC)c1S(=O)(=O)O. The smallest absolute Gasteiger partial charge is 0.339 e. The Balaban J connectivity index is 2.89. The molecule has 0 fully saturated rings. The van der Waals surface area contributed by atoms with Crippen LogP contribution in [-0.4, -0.2) is 39.1 Å². The Labute approximate surface area is 138 Å². The highest BCUT2D eigenvalue weighted by Crippen LogP contribution is 2.30. The fourth-order valence-electron chi connectivity index (χ4n) is 2.23. The Morgan fingerprint density at radius 1 is 0.875 bits per heavy atom. The van der Waals surface area contributed by atoms with Crippen molar-refractivity contribution in [3.63, 3.8) is 0 Å². The third-order valence-corrected chi connectivity index (χ3v) is 4.22. The fourth-order valence-corrected chi connectivity index (χ4v) is 3.07. The summed E-state index contributed by atoms with van der Waals surface area (Å²) in [6, 6.07) is 11.1. The highest BCUT2D eigenvalue weighted by atomic mass is 32.2. The molecule has 0 aliphatic carbocycles. The summed E-state index contributed by atoms with van der Waals surface area (Å²) in [6.07, 6.45) is 0. The van der Waals surface area contributed by atoms with E-state index in [-0.39, 0.29) is 0 Å². The van der Waals surface area contributed by atoms with Crippen LogP contribution in [0.5, 0.6) is 0 Å². The molecule has 0 atom stereocenters. The summed E-state index contributed by atoms with van der Waals surface area (Å²) in [5, 5.41) is 0. The number of ether oxygens (including phenoxy) is 2. The van der Waals surface area contributed by atoms with Gasteiger partial charge in [0.15, 0.2) is 0 Å². The maximum Gasteiger partial charge on any atom is 0.339 e. The lowest BCUT2D eigenvalue weighted by Crippen LogP contribution is -2.17. The normalized spacial score (nSPS) is 11.0. The molecule has 0 unspecified atom stereocenters. The Morgan fingerprint density at radius 3 is 1.71 bits per heavy atom. The van der Waals surface area contributed by atoms with Crippen molar-refractivity contribution in [3.8, 4) is 11.1 Å². The van der Waals surface area contributed by atoms with Crippen molar-refractivity contribution in [2.75, 3.05) is 14.2 Å². The zero-order valence-electron chi connectivity index (χ0n) is 12.8. The fraction of sp³-hybridized carbons (Fsp3) is 0.125. The summed E-state index contributed by atoms with van der Waals surface area (Å²) in [7, 11) is -2.76. The second-order valence-electron chi connectivity index (χ2n) is 4.72. The predicted octanol–water partition coefficient (Wildman–Crippen LogP) is 2.17. The van der Waals surface area contributed by atoms with Gasteiger partial charge < -0.3 is 9.47 Å². The second kappa shape index (κ2) is 6.81. The Hall–Kier alpha value is -2.71. The highest BCUT2D eigenvalue weighted by Gasteiger charge is 2.30. The average molecular weight is 350 g/mol. The molecular weight excluding hydrogens is 336 g/mol. The molecule has 0 aliphatic heterocycles. The number of hydrogen-bond acceptors (Lipinski definition) is 6. The van der Waals surface area contributed by atoms with Crippen LogP contribution in [0.1, 0.15) is 20.7 Å². The molecule has 0 saturated carbocycles. The summed E-state index contributed by atoms with van der Waals surface area (Å²) in [5.74, 6) is -2.02. The number of esters is 2. The van der Waals surface area contributed by atoms with E-state index in [1.807, 2.05) is 0 Å². The Bertz CT molecular complexity index is 849. The number of carbonyl (C=O) groups excluding carboxylic acids is 2. The lowest BCUT2D eigenvalue weighted by Gasteiger charge is -2.13. The third-order valence-electron chi connectivity index (χ3n) is 3.26. The molecule has 0 amide bonds. The summed E-state index contributed by atoms with van der Waals surface area (Å²) in [4.78, 5) is 23.1. The van der Waals surface area contributed by atoms with Gasteiger partial charge >= 0.3 is 11.9 Å². The molecule has 126 valence electrons. The van der Waals surface area contributed by atoms with Crippen molar-refractivity contribution >= 4 is 22.1 Å². The topological polar surface area (TPSA) is 107 Å². The van der Waals surface area contributed by atoms with Gasteiger partial charge in [0.1, 0.15) is 4.90 Å². The van der Waals surface area contributed by atoms with Crippen LogP contribution in [-0.2, 0) is 19.6 Å². The maximum absolute atomic E-state index is 12.0. The zero-order valence-corrected chi connectivity index (χ0v) is 13.7. The van der Waals surface area contributed by atoms with Gasteiger partial charge in [0.05, 0.1) is 25.3 Å². The van der Waals surface area contributed by atoms with Crippen LogP contribution in [0.4, 0.5) is 0 Å². The van der Waals surface area contributed by atoms with Gasteiger partial charge in [-0.1, -0.05) is 30.3 Å². The molecule has 8 heteroatoms. The monoisotopic (exact) mass is 350 g/mol. The molecule has 0 aliphatic rings. The van der Waals surface area contributed by atoms with Gasteiger partial charge in [-0.25, -0.2) is 9.59 Å². The molecule has 0 saturated heterocycles. The number of hydrogen-bond donors (Lipinski definition) is 1. The first kappa shape index (κ1) is 17.6. The van der Waals surface area contributed by atoms with Crippen LogP contribution in [0, 0.1) is 0 Å². The molecule has 2 aromatic carbocycles. The van der Waals surface area contributed by atoms with Gasteiger partial charge in [-0.3, -0.25) is 4.55 Å². The third kappa shape index (κ3) is 3.44. The molecule has 0 bridgehead atoms. The first-order valence-corrected chi connectivity index (χ1v) is 8.11. The molecule has 2 rings (SSSR count). The summed E-state index contributed by atoms with van der Waals surface area (Å²) >= 11 is 0. The molecule has 0 radical (unpaired) electrons. The molecule has 0 spiro atoms. The van der Waals surface area contributed by atoms with Crippen molar-refractivity contribution in [2.24, 2.45) is 0 Å². The van der Waals surface area contributed by atoms with Gasteiger partial charge in [0.2, 0.25) is 0 Å². The van der Waals surface area contributed by atoms with E-state index >= 15 is 0 Å². The van der Waals surface area contributed by atoms with Crippen LogP contribution in [0.25, 0.3) is 11.1 Å². The number of rotatable bonds is 4. The van der Waals surface area contributed by atoms with Crippen LogP contribution in [0.3, 0.4) is 0 Å². The quantitative estimate of drug-likeness (QED) is 0.665. The van der Waals surface area contributed by atoms with Gasteiger partial charge in [0, 0.05) is 0 Å². The van der Waals surface area contributed by atoms with E-state index in [0.717, 1.165) is 14.2 Å². The summed E-state index contributed by atoms with van der Waals surface area (Å²) < 4.78 is 42.0. The van der Waals surface area contributed by atoms with Gasteiger partial charge in [-0.05, 0) is 23.3 Å². The second-order valence-corrected chi connectivity index (χ2v) is 6.08. The van der Waals surface area contributed by atoms with Gasteiger partial charge in [-0.15, -0.1) is 0 Å². The van der Waals surface area contributed by atoms with Crippen molar-refractivity contribution < 1.29 is 32.0 Å². The lowest BCUT2D eigenvalue weighted by molar-refractivity contribution is 0.0589. The van der Waals surface area contributed by atoms with Gasteiger partial charge in [0.25, 0.3) is 10.1 Å². The van der Waals surface area contributed by atoms with E-state index < -0.39 is 38.1 Å². The minimum Gasteiger partial charge on any atom is -0.465 e. The number of benzene rings is 2. The Kier molecular flexibility index (Phi) is 5.01. The number of methoxy groups -OCH3 is 2. The standard InChI is InChI=1S/C16H14O7S/c1-22-15(17)12-8-11(10-6-4-3-5-7-10)9-13(16(18)23-2)14(12)24(19,20)21/h3-9H,1-2H3,(H,19,20,21). The first-order chi connectivity index (χ1) is 11.3. The van der Waals surface area contributed by atoms with E-state index in [1.54, 1.807) is 30.3 Å². The molecule has 1 N–H and O–H groups in total. The zero-order chi connectivity index (χ0) is 17.9. The Morgan fingerprint density at radius 2 is 1.33 bits per heavy atom. The predicted molar refractivity (Wildman–Crippen MR) is 84.4 cm³/mol. The molecular formula is C16H14O7S. The molecule has 7 nitrogen and oxygen atoms in total. The van der Waals surface area contributed by atoms with E-state index in [1.165, 1.54) is 12.1 Å². The first-order valence-electron chi connectivity index (χ1n) is 6.67. The minimum atomic E-state index is -4.87.